The molecule has 1 unspecified atom stereocenters. The van der Waals surface area contributed by atoms with E-state index in [1.54, 1.807) is 17.9 Å². The molecule has 1 amide bonds. The van der Waals surface area contributed by atoms with E-state index in [1.165, 1.54) is 0 Å². The van der Waals surface area contributed by atoms with E-state index in [0.29, 0.717) is 5.69 Å². The number of rotatable bonds is 3. The van der Waals surface area contributed by atoms with Crippen LogP contribution < -0.4 is 5.32 Å². The molecule has 0 aliphatic rings. The molecule has 1 atom stereocenters. The Balaban J connectivity index is 2.74. The van der Waals surface area contributed by atoms with Gasteiger partial charge in [0.15, 0.2) is 5.69 Å². The first-order chi connectivity index (χ1) is 6.54. The monoisotopic (exact) mass is 259 g/mol. The first kappa shape index (κ1) is 11.2. The fraction of sp³-hybridized carbons (Fsp3) is 0.556. The van der Waals surface area contributed by atoms with Crippen molar-refractivity contribution in [3.05, 3.63) is 16.4 Å². The standard InChI is InChI=1S/C9H14BrN3O/c1-4-6(2)11-9(14)8-7(10)5-13(3)12-8/h5-6H,4H2,1-3H3,(H,11,14). The minimum absolute atomic E-state index is 0.133. The number of aromatic nitrogens is 2. The Bertz CT molecular complexity index is 335. The van der Waals surface area contributed by atoms with E-state index < -0.39 is 0 Å². The van der Waals surface area contributed by atoms with E-state index in [-0.39, 0.29) is 11.9 Å². The van der Waals surface area contributed by atoms with E-state index >= 15 is 0 Å². The summed E-state index contributed by atoms with van der Waals surface area (Å²) in [5, 5.41) is 6.91. The molecule has 14 heavy (non-hydrogen) atoms. The second-order valence-electron chi connectivity index (χ2n) is 3.28. The predicted molar refractivity (Wildman–Crippen MR) is 58.1 cm³/mol. The highest BCUT2D eigenvalue weighted by Crippen LogP contribution is 2.14. The summed E-state index contributed by atoms with van der Waals surface area (Å²) in [5.74, 6) is -0.133. The molecule has 0 fully saturated rings. The van der Waals surface area contributed by atoms with Gasteiger partial charge in [-0.2, -0.15) is 5.10 Å². The van der Waals surface area contributed by atoms with Gasteiger partial charge in [0.2, 0.25) is 0 Å². The summed E-state index contributed by atoms with van der Waals surface area (Å²) >= 11 is 3.29. The Morgan fingerprint density at radius 2 is 2.43 bits per heavy atom. The number of nitrogens with zero attached hydrogens (tertiary/aromatic N) is 2. The van der Waals surface area contributed by atoms with Crippen LogP contribution in [-0.4, -0.2) is 21.7 Å². The summed E-state index contributed by atoms with van der Waals surface area (Å²) in [6.45, 7) is 3.99. The van der Waals surface area contributed by atoms with Gasteiger partial charge in [0.05, 0.1) is 4.47 Å². The lowest BCUT2D eigenvalue weighted by Gasteiger charge is -2.09. The van der Waals surface area contributed by atoms with Gasteiger partial charge in [0.1, 0.15) is 0 Å². The van der Waals surface area contributed by atoms with E-state index in [9.17, 15) is 4.79 Å². The average Bonchev–Trinajstić information content (AvgIpc) is 2.45. The molecule has 1 rings (SSSR count). The second-order valence-corrected chi connectivity index (χ2v) is 4.14. The molecule has 0 saturated heterocycles. The van der Waals surface area contributed by atoms with E-state index in [1.807, 2.05) is 13.8 Å². The summed E-state index contributed by atoms with van der Waals surface area (Å²) < 4.78 is 2.33. The van der Waals surface area contributed by atoms with Crippen LogP contribution in [0.15, 0.2) is 10.7 Å². The van der Waals surface area contributed by atoms with Crippen LogP contribution in [0.5, 0.6) is 0 Å². The number of nitrogens with one attached hydrogen (secondary N) is 1. The minimum atomic E-state index is -0.133. The summed E-state index contributed by atoms with van der Waals surface area (Å²) in [4.78, 5) is 11.6. The molecule has 1 aromatic heterocycles. The SMILES string of the molecule is CCC(C)NC(=O)c1nn(C)cc1Br. The molecule has 0 aliphatic carbocycles. The molecule has 5 heteroatoms. The van der Waals surface area contributed by atoms with Crippen molar-refractivity contribution in [2.24, 2.45) is 7.05 Å². The Morgan fingerprint density at radius 3 is 2.86 bits per heavy atom. The van der Waals surface area contributed by atoms with Crippen molar-refractivity contribution in [2.75, 3.05) is 0 Å². The zero-order valence-corrected chi connectivity index (χ0v) is 10.1. The lowest BCUT2D eigenvalue weighted by atomic mass is 10.2. The Morgan fingerprint density at radius 1 is 1.79 bits per heavy atom. The highest BCUT2D eigenvalue weighted by atomic mass is 79.9. The van der Waals surface area contributed by atoms with Crippen molar-refractivity contribution < 1.29 is 4.79 Å². The first-order valence-corrected chi connectivity index (χ1v) is 5.34. The zero-order chi connectivity index (χ0) is 10.7. The molecule has 0 spiro atoms. The van der Waals surface area contributed by atoms with Crippen LogP contribution in [0.3, 0.4) is 0 Å². The molecule has 1 heterocycles. The van der Waals surface area contributed by atoms with Crippen LogP contribution in [0.4, 0.5) is 0 Å². The molecule has 1 N–H and O–H groups in total. The van der Waals surface area contributed by atoms with E-state index in [0.717, 1.165) is 10.9 Å². The number of amides is 1. The average molecular weight is 260 g/mol. The van der Waals surface area contributed by atoms with E-state index in [2.05, 4.69) is 26.3 Å². The molecule has 4 nitrogen and oxygen atoms in total. The predicted octanol–water partition coefficient (Wildman–Crippen LogP) is 1.71. The van der Waals surface area contributed by atoms with Crippen molar-refractivity contribution in [1.82, 2.24) is 15.1 Å². The van der Waals surface area contributed by atoms with Gasteiger partial charge in [-0.25, -0.2) is 0 Å². The summed E-state index contributed by atoms with van der Waals surface area (Å²) in [5.41, 5.74) is 0.438. The van der Waals surface area contributed by atoms with Crippen molar-refractivity contribution in [1.29, 1.82) is 0 Å². The molecule has 1 aromatic rings. The van der Waals surface area contributed by atoms with Crippen molar-refractivity contribution in [3.63, 3.8) is 0 Å². The lowest BCUT2D eigenvalue weighted by molar-refractivity contribution is 0.0933. The number of hydrogen-bond acceptors (Lipinski definition) is 2. The van der Waals surface area contributed by atoms with Gasteiger partial charge in [-0.15, -0.1) is 0 Å². The van der Waals surface area contributed by atoms with Gasteiger partial charge in [0, 0.05) is 19.3 Å². The Labute approximate surface area is 91.8 Å². The van der Waals surface area contributed by atoms with Crippen LogP contribution in [-0.2, 0) is 7.05 Å². The number of carbonyl (C=O) groups excluding carboxylic acids is 1. The Hall–Kier alpha value is -0.840. The van der Waals surface area contributed by atoms with Crippen molar-refractivity contribution in [3.8, 4) is 0 Å². The minimum Gasteiger partial charge on any atom is -0.348 e. The fourth-order valence-corrected chi connectivity index (χ4v) is 1.56. The second kappa shape index (κ2) is 4.59. The highest BCUT2D eigenvalue weighted by molar-refractivity contribution is 9.10. The molecule has 0 saturated carbocycles. The maximum Gasteiger partial charge on any atom is 0.273 e. The third-order valence-corrected chi connectivity index (χ3v) is 2.57. The molecule has 78 valence electrons. The maximum atomic E-state index is 11.6. The van der Waals surface area contributed by atoms with Crippen LogP contribution in [0, 0.1) is 0 Å². The third-order valence-electron chi connectivity index (χ3n) is 1.99. The quantitative estimate of drug-likeness (QED) is 0.899. The normalized spacial score (nSPS) is 12.6. The zero-order valence-electron chi connectivity index (χ0n) is 8.54. The first-order valence-electron chi connectivity index (χ1n) is 4.54. The van der Waals surface area contributed by atoms with Crippen LogP contribution in [0.25, 0.3) is 0 Å². The fourth-order valence-electron chi connectivity index (χ4n) is 1.01. The van der Waals surface area contributed by atoms with Gasteiger partial charge < -0.3 is 5.32 Å². The maximum absolute atomic E-state index is 11.6. The molecule has 0 radical (unpaired) electrons. The smallest absolute Gasteiger partial charge is 0.273 e. The van der Waals surface area contributed by atoms with Crippen LogP contribution >= 0.6 is 15.9 Å². The van der Waals surface area contributed by atoms with Crippen LogP contribution in [0.1, 0.15) is 30.8 Å². The number of hydrogen-bond donors (Lipinski definition) is 1. The largest absolute Gasteiger partial charge is 0.348 e. The Kier molecular flexibility index (Phi) is 3.69. The van der Waals surface area contributed by atoms with Gasteiger partial charge in [-0.1, -0.05) is 6.92 Å². The molecular formula is C9H14BrN3O. The van der Waals surface area contributed by atoms with Crippen LogP contribution in [0.2, 0.25) is 0 Å². The summed E-state index contributed by atoms with van der Waals surface area (Å²) in [6, 6.07) is 0.177. The van der Waals surface area contributed by atoms with Gasteiger partial charge in [0.25, 0.3) is 5.91 Å². The molecule has 0 bridgehead atoms. The van der Waals surface area contributed by atoms with E-state index in [4.69, 9.17) is 0 Å². The van der Waals surface area contributed by atoms with Crippen molar-refractivity contribution in [2.45, 2.75) is 26.3 Å². The topological polar surface area (TPSA) is 46.9 Å². The summed E-state index contributed by atoms with van der Waals surface area (Å²) in [7, 11) is 1.78. The van der Waals surface area contributed by atoms with Gasteiger partial charge in [-0.05, 0) is 29.3 Å². The van der Waals surface area contributed by atoms with Crippen molar-refractivity contribution >= 4 is 21.8 Å². The molecular weight excluding hydrogens is 246 g/mol. The number of carbonyl (C=O) groups is 1. The lowest BCUT2D eigenvalue weighted by Crippen LogP contribution is -2.32. The van der Waals surface area contributed by atoms with Gasteiger partial charge in [-0.3, -0.25) is 9.48 Å². The molecule has 0 aliphatic heterocycles. The van der Waals surface area contributed by atoms with Gasteiger partial charge >= 0.3 is 0 Å². The molecule has 0 aromatic carbocycles. The number of halogens is 1. The summed E-state index contributed by atoms with van der Waals surface area (Å²) in [6.07, 6.45) is 2.67. The highest BCUT2D eigenvalue weighted by Gasteiger charge is 2.15. The number of aryl methyl sites for hydroxylation is 1. The third kappa shape index (κ3) is 2.57.